The van der Waals surface area contributed by atoms with E-state index >= 15 is 0 Å². The van der Waals surface area contributed by atoms with Crippen LogP contribution in [0.3, 0.4) is 0 Å². The molecule has 5 heteroatoms. The molecule has 0 fully saturated rings. The lowest BCUT2D eigenvalue weighted by atomic mass is 10.2. The molecule has 90 valence electrons. The smallest absolute Gasteiger partial charge is 0.127 e. The summed E-state index contributed by atoms with van der Waals surface area (Å²) in [6.07, 6.45) is 2.50. The minimum Gasteiger partial charge on any atom is -0.508 e. The first-order valence-corrected chi connectivity index (χ1v) is 6.80. The third kappa shape index (κ3) is 5.23. The van der Waals surface area contributed by atoms with Crippen molar-refractivity contribution in [3.8, 4) is 5.75 Å². The highest BCUT2D eigenvalue weighted by atomic mass is 32.2. The van der Waals surface area contributed by atoms with Gasteiger partial charge in [0.25, 0.3) is 0 Å². The van der Waals surface area contributed by atoms with Gasteiger partial charge in [0.2, 0.25) is 0 Å². The van der Waals surface area contributed by atoms with Gasteiger partial charge in [-0.1, -0.05) is 0 Å². The van der Waals surface area contributed by atoms with Gasteiger partial charge in [0, 0.05) is 35.4 Å². The molecule has 3 nitrogen and oxygen atoms in total. The van der Waals surface area contributed by atoms with E-state index in [4.69, 9.17) is 5.11 Å². The molecule has 0 aliphatic carbocycles. The van der Waals surface area contributed by atoms with Crippen molar-refractivity contribution in [3.05, 3.63) is 29.6 Å². The lowest BCUT2D eigenvalue weighted by Gasteiger charge is -2.05. The average Bonchev–Trinajstić information content (AvgIpc) is 2.15. The molecule has 2 N–H and O–H groups in total. The number of nitrogens with one attached hydrogen (secondary N) is 1. The van der Waals surface area contributed by atoms with E-state index in [1.54, 1.807) is 6.26 Å². The Morgan fingerprint density at radius 2 is 2.19 bits per heavy atom. The van der Waals surface area contributed by atoms with E-state index in [2.05, 4.69) is 5.32 Å². The van der Waals surface area contributed by atoms with Gasteiger partial charge < -0.3 is 10.4 Å². The topological polar surface area (TPSA) is 49.3 Å². The molecule has 1 aromatic carbocycles. The van der Waals surface area contributed by atoms with Crippen LogP contribution in [0.4, 0.5) is 4.39 Å². The van der Waals surface area contributed by atoms with Crippen molar-refractivity contribution in [2.75, 3.05) is 18.6 Å². The summed E-state index contributed by atoms with van der Waals surface area (Å²) in [6, 6.07) is 3.97. The van der Waals surface area contributed by atoms with Crippen LogP contribution in [0.15, 0.2) is 18.2 Å². The summed E-state index contributed by atoms with van der Waals surface area (Å²) >= 11 is 0. The van der Waals surface area contributed by atoms with Crippen molar-refractivity contribution < 1.29 is 13.7 Å². The highest BCUT2D eigenvalue weighted by molar-refractivity contribution is 7.84. The minimum atomic E-state index is -0.761. The molecular formula is C11H16FNO2S. The van der Waals surface area contributed by atoms with Crippen LogP contribution in [-0.2, 0) is 17.3 Å². The zero-order valence-electron chi connectivity index (χ0n) is 9.20. The standard InChI is InChI=1S/C11H16FNO2S/c1-16(15)4-2-3-13-8-9-5-10(12)7-11(14)6-9/h5-7,13-14H,2-4,8H2,1H3. The van der Waals surface area contributed by atoms with Gasteiger partial charge in [0.15, 0.2) is 0 Å². The first-order valence-electron chi connectivity index (χ1n) is 5.07. The Morgan fingerprint density at radius 3 is 2.81 bits per heavy atom. The molecule has 1 unspecified atom stereocenters. The molecule has 0 aliphatic heterocycles. The Labute approximate surface area is 97.1 Å². The first kappa shape index (κ1) is 13.1. The van der Waals surface area contributed by atoms with Gasteiger partial charge in [-0.2, -0.15) is 0 Å². The van der Waals surface area contributed by atoms with Crippen molar-refractivity contribution in [2.45, 2.75) is 13.0 Å². The quantitative estimate of drug-likeness (QED) is 0.745. The molecule has 1 atom stereocenters. The van der Waals surface area contributed by atoms with Gasteiger partial charge in [-0.05, 0) is 30.7 Å². The van der Waals surface area contributed by atoms with E-state index in [1.807, 2.05) is 0 Å². The maximum absolute atomic E-state index is 12.9. The van der Waals surface area contributed by atoms with E-state index in [1.165, 1.54) is 12.1 Å². The molecule has 0 radical (unpaired) electrons. The molecule has 0 spiro atoms. The number of rotatable bonds is 6. The van der Waals surface area contributed by atoms with Gasteiger partial charge in [-0.25, -0.2) is 4.39 Å². The maximum Gasteiger partial charge on any atom is 0.127 e. The van der Waals surface area contributed by atoms with E-state index in [9.17, 15) is 8.60 Å². The molecule has 0 aromatic heterocycles. The molecule has 0 aliphatic rings. The highest BCUT2D eigenvalue weighted by Crippen LogP contribution is 2.14. The Bertz CT molecular complexity index is 351. The van der Waals surface area contributed by atoms with Crippen LogP contribution in [0, 0.1) is 5.82 Å². The second-order valence-corrected chi connectivity index (χ2v) is 5.18. The Morgan fingerprint density at radius 1 is 1.44 bits per heavy atom. The van der Waals surface area contributed by atoms with Crippen LogP contribution in [-0.4, -0.2) is 27.9 Å². The van der Waals surface area contributed by atoms with Crippen LogP contribution in [0.25, 0.3) is 0 Å². The summed E-state index contributed by atoms with van der Waals surface area (Å²) in [4.78, 5) is 0. The van der Waals surface area contributed by atoms with Crippen molar-refractivity contribution in [1.82, 2.24) is 5.32 Å². The summed E-state index contributed by atoms with van der Waals surface area (Å²) in [5.74, 6) is 0.166. The predicted octanol–water partition coefficient (Wildman–Crippen LogP) is 1.39. The summed E-state index contributed by atoms with van der Waals surface area (Å²) < 4.78 is 23.6. The van der Waals surface area contributed by atoms with E-state index in [0.717, 1.165) is 19.0 Å². The van der Waals surface area contributed by atoms with Crippen LogP contribution >= 0.6 is 0 Å². The summed E-state index contributed by atoms with van der Waals surface area (Å²) in [6.45, 7) is 1.23. The number of phenols is 1. The molecule has 0 saturated carbocycles. The van der Waals surface area contributed by atoms with Gasteiger partial charge >= 0.3 is 0 Å². The molecule has 0 amide bonds. The SMILES string of the molecule is CS(=O)CCCNCc1cc(O)cc(F)c1. The zero-order chi connectivity index (χ0) is 12.0. The number of hydrogen-bond donors (Lipinski definition) is 2. The minimum absolute atomic E-state index is 0.0635. The van der Waals surface area contributed by atoms with E-state index in [-0.39, 0.29) is 5.75 Å². The van der Waals surface area contributed by atoms with E-state index in [0.29, 0.717) is 17.9 Å². The number of benzene rings is 1. The molecular weight excluding hydrogens is 229 g/mol. The summed E-state index contributed by atoms with van der Waals surface area (Å²) in [5.41, 5.74) is 0.704. The van der Waals surface area contributed by atoms with Gasteiger partial charge in [0.1, 0.15) is 11.6 Å². The fourth-order valence-electron chi connectivity index (χ4n) is 1.37. The number of phenolic OH excluding ortho intramolecular Hbond substituents is 1. The Balaban J connectivity index is 2.29. The third-order valence-electron chi connectivity index (χ3n) is 2.06. The molecule has 1 aromatic rings. The van der Waals surface area contributed by atoms with Crippen molar-refractivity contribution in [2.24, 2.45) is 0 Å². The number of hydrogen-bond acceptors (Lipinski definition) is 3. The normalized spacial score (nSPS) is 12.6. The predicted molar refractivity (Wildman–Crippen MR) is 63.3 cm³/mol. The van der Waals surface area contributed by atoms with Crippen molar-refractivity contribution in [3.63, 3.8) is 0 Å². The lowest BCUT2D eigenvalue weighted by Crippen LogP contribution is -2.16. The van der Waals surface area contributed by atoms with Crippen LogP contribution in [0.5, 0.6) is 5.75 Å². The largest absolute Gasteiger partial charge is 0.508 e. The zero-order valence-corrected chi connectivity index (χ0v) is 10.0. The van der Waals surface area contributed by atoms with Crippen molar-refractivity contribution >= 4 is 10.8 Å². The van der Waals surface area contributed by atoms with Crippen LogP contribution in [0.1, 0.15) is 12.0 Å². The summed E-state index contributed by atoms with van der Waals surface area (Å²) in [7, 11) is -0.761. The van der Waals surface area contributed by atoms with E-state index < -0.39 is 16.6 Å². The van der Waals surface area contributed by atoms with Gasteiger partial charge in [-0.15, -0.1) is 0 Å². The molecule has 16 heavy (non-hydrogen) atoms. The fourth-order valence-corrected chi connectivity index (χ4v) is 1.92. The Kier molecular flexibility index (Phi) is 5.42. The molecule has 0 bridgehead atoms. The number of halogens is 1. The highest BCUT2D eigenvalue weighted by Gasteiger charge is 1.99. The second-order valence-electron chi connectivity index (χ2n) is 3.63. The van der Waals surface area contributed by atoms with Crippen molar-refractivity contribution in [1.29, 1.82) is 0 Å². The van der Waals surface area contributed by atoms with Crippen LogP contribution in [0.2, 0.25) is 0 Å². The average molecular weight is 245 g/mol. The summed E-state index contributed by atoms with van der Waals surface area (Å²) in [5, 5.41) is 12.3. The van der Waals surface area contributed by atoms with Crippen LogP contribution < -0.4 is 5.32 Å². The molecule has 1 rings (SSSR count). The third-order valence-corrected chi connectivity index (χ3v) is 2.92. The monoisotopic (exact) mass is 245 g/mol. The lowest BCUT2D eigenvalue weighted by molar-refractivity contribution is 0.467. The maximum atomic E-state index is 12.9. The fraction of sp³-hybridized carbons (Fsp3) is 0.455. The molecule has 0 heterocycles. The van der Waals surface area contributed by atoms with Gasteiger partial charge in [0.05, 0.1) is 0 Å². The second kappa shape index (κ2) is 6.60. The Hall–Kier alpha value is -0.940. The first-order chi connectivity index (χ1) is 7.58. The number of aromatic hydroxyl groups is 1. The molecule has 0 saturated heterocycles. The van der Waals surface area contributed by atoms with Gasteiger partial charge in [-0.3, -0.25) is 4.21 Å².